The quantitative estimate of drug-likeness (QED) is 0.676. The number of halogens is 1. The molecule has 0 spiro atoms. The van der Waals surface area contributed by atoms with E-state index in [0.717, 1.165) is 6.42 Å². The lowest BCUT2D eigenvalue weighted by molar-refractivity contribution is -0.113. The van der Waals surface area contributed by atoms with Gasteiger partial charge >= 0.3 is 0 Å². The molecule has 1 aliphatic heterocycles. The van der Waals surface area contributed by atoms with Crippen molar-refractivity contribution in [3.63, 3.8) is 0 Å². The van der Waals surface area contributed by atoms with Gasteiger partial charge in [-0.05, 0) is 19.9 Å². The van der Waals surface area contributed by atoms with Gasteiger partial charge in [0.2, 0.25) is 5.85 Å². The van der Waals surface area contributed by atoms with E-state index in [1.54, 1.807) is 11.8 Å². The maximum atomic E-state index is 14.5. The van der Waals surface area contributed by atoms with E-state index in [1.165, 1.54) is 17.2 Å². The largest absolute Gasteiger partial charge is 0.387 e. The van der Waals surface area contributed by atoms with Gasteiger partial charge in [-0.2, -0.15) is 0 Å². The maximum Gasteiger partial charge on any atom is 0.237 e. The number of anilines is 1. The molecule has 0 amide bonds. The Kier molecular flexibility index (Phi) is 4.69. The van der Waals surface area contributed by atoms with E-state index >= 15 is 0 Å². The fourth-order valence-corrected chi connectivity index (χ4v) is 2.84. The molecule has 10 heteroatoms. The summed E-state index contributed by atoms with van der Waals surface area (Å²) in [5.41, 5.74) is 12.3. The van der Waals surface area contributed by atoms with Crippen LogP contribution in [0.4, 0.5) is 10.2 Å². The average molecular weight is 351 g/mol. The average Bonchev–Trinajstić information content (AvgIpc) is 3.11. The van der Waals surface area contributed by atoms with Crippen LogP contribution < -0.4 is 16.4 Å². The third-order valence-electron chi connectivity index (χ3n) is 4.24. The molecule has 4 atom stereocenters. The fourth-order valence-electron chi connectivity index (χ4n) is 2.84. The third kappa shape index (κ3) is 2.86. The molecule has 2 aromatic heterocycles. The monoisotopic (exact) mass is 351 g/mol. The summed E-state index contributed by atoms with van der Waals surface area (Å²) >= 11 is 0. The topological polar surface area (TPSA) is 128 Å². The second-order valence-electron chi connectivity index (χ2n) is 6.02. The number of rotatable bonds is 5. The van der Waals surface area contributed by atoms with Crippen molar-refractivity contribution in [1.29, 1.82) is 0 Å². The van der Waals surface area contributed by atoms with Gasteiger partial charge in [0, 0.05) is 13.2 Å². The first-order valence-corrected chi connectivity index (χ1v) is 7.97. The highest BCUT2D eigenvalue weighted by Crippen LogP contribution is 2.35. The molecule has 0 unspecified atom stereocenters. The van der Waals surface area contributed by atoms with Crippen LogP contribution in [0.2, 0.25) is 0 Å². The van der Waals surface area contributed by atoms with Crippen LogP contribution >= 0.6 is 0 Å². The lowest BCUT2D eigenvalue weighted by Gasteiger charge is -2.27. The molecule has 3 heterocycles. The first-order valence-electron chi connectivity index (χ1n) is 7.97. The Morgan fingerprint density at radius 3 is 2.88 bits per heavy atom. The van der Waals surface area contributed by atoms with E-state index in [-0.39, 0.29) is 0 Å². The zero-order chi connectivity index (χ0) is 18.2. The number of aliphatic hydroxyl groups excluding tert-OH is 1. The Morgan fingerprint density at radius 1 is 1.48 bits per heavy atom. The molecular formula is C15H22FN7O2. The SMILES string of the molecule is C[C@H]1O[C@@](N)(n2cnc3c(N(C)C=CCCN)ncnc32)[C@H](F)[C@@H]1O. The third-order valence-corrected chi connectivity index (χ3v) is 4.24. The standard InChI is InChI=1S/C15H22FN7O2/c1-9-11(24)12(16)15(18,25-9)23-8-21-10-13(19-7-20-14(10)23)22(2)6-4-3-5-17/h4,6-9,11-12,24H,3,5,17-18H2,1-2H3/t9-,11-,12-,15+/m1/s1. The molecular weight excluding hydrogens is 329 g/mol. The summed E-state index contributed by atoms with van der Waals surface area (Å²) in [6, 6.07) is 0. The van der Waals surface area contributed by atoms with Crippen LogP contribution in [0.3, 0.4) is 0 Å². The molecule has 0 radical (unpaired) electrons. The molecule has 1 fully saturated rings. The van der Waals surface area contributed by atoms with Crippen molar-refractivity contribution in [2.75, 3.05) is 18.5 Å². The number of alkyl halides is 1. The van der Waals surface area contributed by atoms with Crippen molar-refractivity contribution < 1.29 is 14.2 Å². The first-order chi connectivity index (χ1) is 11.9. The summed E-state index contributed by atoms with van der Waals surface area (Å²) in [4.78, 5) is 14.4. The highest BCUT2D eigenvalue weighted by atomic mass is 19.1. The summed E-state index contributed by atoms with van der Waals surface area (Å²) in [7, 11) is 1.81. The smallest absolute Gasteiger partial charge is 0.237 e. The second kappa shape index (κ2) is 6.64. The fraction of sp³-hybridized carbons (Fsp3) is 0.533. The molecule has 1 aliphatic rings. The van der Waals surface area contributed by atoms with E-state index in [0.29, 0.717) is 23.5 Å². The van der Waals surface area contributed by atoms with Gasteiger partial charge < -0.3 is 20.5 Å². The molecule has 3 rings (SSSR count). The number of aliphatic hydroxyl groups is 1. The number of ether oxygens (including phenoxy) is 1. The summed E-state index contributed by atoms with van der Waals surface area (Å²) < 4.78 is 21.3. The first kappa shape index (κ1) is 17.7. The van der Waals surface area contributed by atoms with Crippen LogP contribution in [0.25, 0.3) is 11.2 Å². The molecule has 1 saturated heterocycles. The van der Waals surface area contributed by atoms with E-state index in [2.05, 4.69) is 15.0 Å². The Labute approximate surface area is 144 Å². The zero-order valence-corrected chi connectivity index (χ0v) is 14.1. The van der Waals surface area contributed by atoms with Gasteiger partial charge in [0.1, 0.15) is 18.8 Å². The van der Waals surface area contributed by atoms with Crippen LogP contribution in [0.15, 0.2) is 24.9 Å². The van der Waals surface area contributed by atoms with Crippen molar-refractivity contribution in [3.8, 4) is 0 Å². The van der Waals surface area contributed by atoms with Crippen molar-refractivity contribution in [3.05, 3.63) is 24.9 Å². The molecule has 2 aromatic rings. The maximum absolute atomic E-state index is 14.5. The molecule has 0 aromatic carbocycles. The summed E-state index contributed by atoms with van der Waals surface area (Å²) in [6.45, 7) is 2.10. The summed E-state index contributed by atoms with van der Waals surface area (Å²) in [5, 5.41) is 9.86. The Bertz CT molecular complexity index is 782. The minimum Gasteiger partial charge on any atom is -0.387 e. The Balaban J connectivity index is 2.02. The van der Waals surface area contributed by atoms with Crippen molar-refractivity contribution >= 4 is 17.0 Å². The van der Waals surface area contributed by atoms with Crippen molar-refractivity contribution in [1.82, 2.24) is 19.5 Å². The highest BCUT2D eigenvalue weighted by molar-refractivity contribution is 5.83. The predicted molar refractivity (Wildman–Crippen MR) is 90.1 cm³/mol. The normalized spacial score (nSPS) is 29.8. The molecule has 9 nitrogen and oxygen atoms in total. The lowest BCUT2D eigenvalue weighted by atomic mass is 10.1. The van der Waals surface area contributed by atoms with Gasteiger partial charge in [0.15, 0.2) is 23.2 Å². The van der Waals surface area contributed by atoms with E-state index in [4.69, 9.17) is 16.2 Å². The number of nitrogens with zero attached hydrogens (tertiary/aromatic N) is 5. The molecule has 0 bridgehead atoms. The Morgan fingerprint density at radius 2 is 2.24 bits per heavy atom. The summed E-state index contributed by atoms with van der Waals surface area (Å²) in [5.74, 6) is -1.35. The zero-order valence-electron chi connectivity index (χ0n) is 14.1. The van der Waals surface area contributed by atoms with Crippen LogP contribution in [0.5, 0.6) is 0 Å². The highest BCUT2D eigenvalue weighted by Gasteiger charge is 2.54. The second-order valence-corrected chi connectivity index (χ2v) is 6.02. The van der Waals surface area contributed by atoms with E-state index in [1.807, 2.05) is 19.3 Å². The van der Waals surface area contributed by atoms with Crippen molar-refractivity contribution in [2.24, 2.45) is 11.5 Å². The van der Waals surface area contributed by atoms with Gasteiger partial charge in [-0.15, -0.1) is 0 Å². The molecule has 0 saturated carbocycles. The van der Waals surface area contributed by atoms with Crippen LogP contribution in [-0.2, 0) is 10.6 Å². The molecule has 0 aliphatic carbocycles. The number of fused-ring (bicyclic) bond motifs is 1. The number of nitrogens with two attached hydrogens (primary N) is 2. The number of hydrogen-bond donors (Lipinski definition) is 3. The number of imidazole rings is 1. The minimum absolute atomic E-state index is 0.315. The minimum atomic E-state index is -1.88. The van der Waals surface area contributed by atoms with Crippen LogP contribution in [-0.4, -0.2) is 56.6 Å². The van der Waals surface area contributed by atoms with E-state index < -0.39 is 24.2 Å². The van der Waals surface area contributed by atoms with Crippen LogP contribution in [0, 0.1) is 0 Å². The molecule has 25 heavy (non-hydrogen) atoms. The van der Waals surface area contributed by atoms with Gasteiger partial charge in [-0.1, -0.05) is 6.08 Å². The van der Waals surface area contributed by atoms with Gasteiger partial charge in [0.25, 0.3) is 0 Å². The summed E-state index contributed by atoms with van der Waals surface area (Å²) in [6.07, 6.45) is 3.25. The number of aromatic nitrogens is 4. The molecule has 5 N–H and O–H groups in total. The van der Waals surface area contributed by atoms with Gasteiger partial charge in [-0.25, -0.2) is 19.3 Å². The van der Waals surface area contributed by atoms with Gasteiger partial charge in [0.05, 0.1) is 6.10 Å². The Hall–Kier alpha value is -2.14. The van der Waals surface area contributed by atoms with Crippen molar-refractivity contribution in [2.45, 2.75) is 37.6 Å². The lowest BCUT2D eigenvalue weighted by Crippen LogP contribution is -2.50. The predicted octanol–water partition coefficient (Wildman–Crippen LogP) is -0.188. The molecule has 136 valence electrons. The van der Waals surface area contributed by atoms with Crippen LogP contribution in [0.1, 0.15) is 13.3 Å². The van der Waals surface area contributed by atoms with E-state index in [9.17, 15) is 9.50 Å². The van der Waals surface area contributed by atoms with Gasteiger partial charge in [-0.3, -0.25) is 10.3 Å². The number of hydrogen-bond acceptors (Lipinski definition) is 8.